The van der Waals surface area contributed by atoms with Gasteiger partial charge >= 0.3 is 0 Å². The first-order chi connectivity index (χ1) is 17.8. The summed E-state index contributed by atoms with van der Waals surface area (Å²) < 4.78 is 11.8. The Kier molecular flexibility index (Phi) is 7.52. The summed E-state index contributed by atoms with van der Waals surface area (Å²) in [5.74, 6) is 1.83. The molecule has 0 aliphatic carbocycles. The second-order valence-corrected chi connectivity index (χ2v) is 10.8. The van der Waals surface area contributed by atoms with Gasteiger partial charge in [-0.1, -0.05) is 12.1 Å². The van der Waals surface area contributed by atoms with E-state index in [4.69, 9.17) is 9.47 Å². The van der Waals surface area contributed by atoms with Gasteiger partial charge in [-0.05, 0) is 57.4 Å². The van der Waals surface area contributed by atoms with Crippen molar-refractivity contribution in [1.82, 2.24) is 15.1 Å². The molecule has 0 saturated carbocycles. The monoisotopic (exact) mass is 729 g/mol. The number of nitriles is 1. The second-order valence-electron chi connectivity index (χ2n) is 10.8. The number of hydrogen-bond donors (Lipinski definition) is 3. The van der Waals surface area contributed by atoms with E-state index >= 15 is 0 Å². The first-order valence-corrected chi connectivity index (χ1v) is 13.0. The summed E-state index contributed by atoms with van der Waals surface area (Å²) in [4.78, 5) is 4.60. The van der Waals surface area contributed by atoms with Crippen LogP contribution in [-0.4, -0.2) is 65.1 Å². The first kappa shape index (κ1) is 27.7. The first-order valence-electron chi connectivity index (χ1n) is 13.0. The van der Waals surface area contributed by atoms with Crippen LogP contribution in [-0.2, 0) is 12.8 Å². The van der Waals surface area contributed by atoms with Crippen molar-refractivity contribution in [3.8, 4) is 29.1 Å². The summed E-state index contributed by atoms with van der Waals surface area (Å²) in [7, 11) is 2.07. The molecule has 1 radical (unpaired) electrons. The summed E-state index contributed by atoms with van der Waals surface area (Å²) in [5, 5.41) is 36.9. The van der Waals surface area contributed by atoms with E-state index in [2.05, 4.69) is 40.9 Å². The number of benzene rings is 2. The van der Waals surface area contributed by atoms with Gasteiger partial charge in [-0.25, -0.2) is 0 Å². The average molecular weight is 730 g/mol. The number of aryl methyl sites for hydroxylation is 1. The molecule has 4 heterocycles. The maximum Gasteiger partial charge on any atom is 0.231 e. The number of piperazine rings is 1. The number of ether oxygens (including phenoxy) is 2. The van der Waals surface area contributed by atoms with E-state index in [-0.39, 0.29) is 86.8 Å². The van der Waals surface area contributed by atoms with E-state index in [0.717, 1.165) is 33.4 Å². The van der Waals surface area contributed by atoms with Crippen molar-refractivity contribution >= 4 is 0 Å². The predicted octanol–water partition coefficient (Wildman–Crippen LogP) is 3.30. The maximum atomic E-state index is 11.4. The van der Waals surface area contributed by atoms with Gasteiger partial charge < -0.3 is 25.0 Å². The third-order valence-corrected chi connectivity index (χ3v) is 9.09. The molecule has 38 heavy (non-hydrogen) atoms. The van der Waals surface area contributed by atoms with Crippen molar-refractivity contribution in [1.29, 1.82) is 5.26 Å². The van der Waals surface area contributed by atoms with Gasteiger partial charge in [-0.2, -0.15) is 5.26 Å². The molecule has 4 aliphatic heterocycles. The molecule has 197 valence electrons. The van der Waals surface area contributed by atoms with Gasteiger partial charge in [-0.15, -0.1) is 6.58 Å². The maximum absolute atomic E-state index is 11.4. The third-order valence-electron chi connectivity index (χ3n) is 9.09. The largest absolute Gasteiger partial charge is 0.507 e. The van der Waals surface area contributed by atoms with Crippen molar-refractivity contribution in [2.75, 3.05) is 26.9 Å². The molecular weight excluding hydrogens is 695 g/mol. The van der Waals surface area contributed by atoms with Gasteiger partial charge in [0.1, 0.15) is 17.5 Å². The summed E-state index contributed by atoms with van der Waals surface area (Å²) in [5.41, 5.74) is 6.43. The van der Waals surface area contributed by atoms with Crippen LogP contribution in [0.15, 0.2) is 18.7 Å². The SMILES string of the molecule is C=CCNC[C@H]1c2c(c(O)c(C)c3c2OCO3)CC2[C@H]3c4c(cc(C)c(C)c4O)C[C@@H]([C@H](C#N)N21)N3C.[Ac]. The Hall–Kier alpha value is -1.81. The van der Waals surface area contributed by atoms with Gasteiger partial charge in [-0.3, -0.25) is 9.80 Å². The van der Waals surface area contributed by atoms with Crippen LogP contribution >= 0.6 is 0 Å². The molecule has 1 fully saturated rings. The summed E-state index contributed by atoms with van der Waals surface area (Å²) in [6.07, 6.45) is 3.04. The van der Waals surface area contributed by atoms with Crippen molar-refractivity contribution in [3.63, 3.8) is 0 Å². The van der Waals surface area contributed by atoms with E-state index < -0.39 is 0 Å². The number of nitrogens with zero attached hydrogens (tertiary/aromatic N) is 3. The zero-order valence-electron chi connectivity index (χ0n) is 22.4. The Labute approximate surface area is 259 Å². The zero-order chi connectivity index (χ0) is 26.2. The van der Waals surface area contributed by atoms with Crippen LogP contribution in [0.5, 0.6) is 23.0 Å². The Morgan fingerprint density at radius 3 is 2.55 bits per heavy atom. The van der Waals surface area contributed by atoms with Crippen molar-refractivity contribution in [2.24, 2.45) is 0 Å². The van der Waals surface area contributed by atoms with E-state index in [1.54, 1.807) is 0 Å². The summed E-state index contributed by atoms with van der Waals surface area (Å²) >= 11 is 0. The quantitative estimate of drug-likeness (QED) is 0.326. The predicted molar refractivity (Wildman–Crippen MR) is 139 cm³/mol. The van der Waals surface area contributed by atoms with Gasteiger partial charge in [0.15, 0.2) is 11.5 Å². The number of phenolic OH excluding ortho intramolecular Hbond substituents is 2. The van der Waals surface area contributed by atoms with Gasteiger partial charge in [0, 0.05) is 91.5 Å². The molecule has 0 amide bonds. The van der Waals surface area contributed by atoms with Gasteiger partial charge in [0.05, 0.1) is 18.2 Å². The molecular formula is C29H34AcN4O4. The van der Waals surface area contributed by atoms with Crippen LogP contribution < -0.4 is 14.8 Å². The molecule has 8 nitrogen and oxygen atoms in total. The number of rotatable bonds is 4. The normalized spacial score (nSPS) is 27.0. The number of aromatic hydroxyl groups is 2. The molecule has 0 spiro atoms. The number of hydrogen-bond acceptors (Lipinski definition) is 8. The fraction of sp³-hybridized carbons (Fsp3) is 0.483. The molecule has 9 heteroatoms. The molecule has 2 aromatic carbocycles. The summed E-state index contributed by atoms with van der Waals surface area (Å²) in [6.45, 7) is 11.0. The van der Waals surface area contributed by atoms with Crippen LogP contribution in [0, 0.1) is 76.2 Å². The molecule has 3 N–H and O–H groups in total. The molecule has 1 saturated heterocycles. The van der Waals surface area contributed by atoms with Crippen LogP contribution in [0.1, 0.15) is 51.0 Å². The number of nitrogens with one attached hydrogen (secondary N) is 1. The molecule has 5 atom stereocenters. The minimum Gasteiger partial charge on any atom is -0.507 e. The van der Waals surface area contributed by atoms with Crippen molar-refractivity contribution < 1.29 is 63.7 Å². The van der Waals surface area contributed by atoms with Crippen LogP contribution in [0.3, 0.4) is 0 Å². The molecule has 6 rings (SSSR count). The Morgan fingerprint density at radius 1 is 1.11 bits per heavy atom. The standard InChI is InChI=1S/C29H34N4O4.Ac/c1-6-7-31-12-22-24-18(26(34)16(4)28-29(24)37-13-36-28)10-20-25-23-17(8-14(2)15(3)27(23)35)9-19(32(25)5)21(11-30)33(20)22;/h6,8,19-22,25,31,34-35H,1,7,9-10,12-13H2,2-5H3;/t19-,20?,21-,22-,25-;/m0./s1. The zero-order valence-corrected chi connectivity index (χ0v) is 27.2. The van der Waals surface area contributed by atoms with E-state index in [9.17, 15) is 15.5 Å². The van der Waals surface area contributed by atoms with E-state index in [0.29, 0.717) is 48.7 Å². The average Bonchev–Trinajstić information content (AvgIpc) is 3.37. The molecule has 2 bridgehead atoms. The van der Waals surface area contributed by atoms with Crippen LogP contribution in [0.4, 0.5) is 0 Å². The van der Waals surface area contributed by atoms with Crippen LogP contribution in [0.2, 0.25) is 0 Å². The Balaban J connectivity index is 0.00000294. The van der Waals surface area contributed by atoms with Gasteiger partial charge in [0.25, 0.3) is 0 Å². The van der Waals surface area contributed by atoms with Crippen molar-refractivity contribution in [2.45, 2.75) is 63.8 Å². The van der Waals surface area contributed by atoms with E-state index in [1.807, 2.05) is 26.8 Å². The molecule has 2 aromatic rings. The topological polar surface area (TPSA) is 101 Å². The second kappa shape index (κ2) is 10.3. The van der Waals surface area contributed by atoms with Gasteiger partial charge in [0.2, 0.25) is 6.79 Å². The third kappa shape index (κ3) is 3.83. The minimum atomic E-state index is -0.381. The molecule has 4 aliphatic rings. The number of fused-ring (bicyclic) bond motifs is 9. The van der Waals surface area contributed by atoms with E-state index in [1.165, 1.54) is 0 Å². The number of likely N-dealkylation sites (N-methyl/N-ethyl adjacent to an activating group) is 1. The molecule has 0 aromatic heterocycles. The minimum absolute atomic E-state index is 0. The fourth-order valence-corrected chi connectivity index (χ4v) is 7.23. The summed E-state index contributed by atoms with van der Waals surface area (Å²) in [6, 6.07) is 3.92. The Morgan fingerprint density at radius 2 is 1.84 bits per heavy atom. The Bertz CT molecular complexity index is 1360. The smallest absolute Gasteiger partial charge is 0.231 e. The fourth-order valence-electron chi connectivity index (χ4n) is 7.23. The molecule has 1 unspecified atom stereocenters. The van der Waals surface area contributed by atoms with Crippen LogP contribution in [0.25, 0.3) is 0 Å². The number of phenols is 2. The van der Waals surface area contributed by atoms with Crippen molar-refractivity contribution in [3.05, 3.63) is 57.7 Å².